The number of hydrogen-bond donors (Lipinski definition) is 1. The van der Waals surface area contributed by atoms with E-state index in [9.17, 15) is 8.42 Å². The van der Waals surface area contributed by atoms with E-state index in [1.165, 1.54) is 10.4 Å². The van der Waals surface area contributed by atoms with E-state index < -0.39 is 10.0 Å². The quantitative estimate of drug-likeness (QED) is 0.873. The minimum atomic E-state index is -3.51. The van der Waals surface area contributed by atoms with E-state index in [-0.39, 0.29) is 10.8 Å². The Morgan fingerprint density at radius 3 is 2.45 bits per heavy atom. The number of sulfonamides is 1. The molecule has 4 nitrogen and oxygen atoms in total. The Balaban J connectivity index is 2.18. The molecule has 7 heteroatoms. The van der Waals surface area contributed by atoms with Crippen LogP contribution in [0.1, 0.15) is 11.1 Å². The fourth-order valence-electron chi connectivity index (χ4n) is 1.66. The third-order valence-electron chi connectivity index (χ3n) is 2.80. The monoisotopic (exact) mass is 375 g/mol. The van der Waals surface area contributed by atoms with Gasteiger partial charge in [0.1, 0.15) is 4.21 Å². The maximum atomic E-state index is 12.4. The molecule has 108 valence electrons. The average molecular weight is 376 g/mol. The van der Waals surface area contributed by atoms with Gasteiger partial charge in [-0.25, -0.2) is 8.42 Å². The van der Waals surface area contributed by atoms with Crippen molar-refractivity contribution < 1.29 is 13.5 Å². The second-order valence-corrected chi connectivity index (χ2v) is 8.42. The van der Waals surface area contributed by atoms with Crippen molar-refractivity contribution in [3.05, 3.63) is 51.3 Å². The van der Waals surface area contributed by atoms with E-state index in [4.69, 9.17) is 5.11 Å². The van der Waals surface area contributed by atoms with E-state index in [0.29, 0.717) is 12.1 Å². The molecule has 1 heterocycles. The van der Waals surface area contributed by atoms with Gasteiger partial charge in [0.25, 0.3) is 10.0 Å². The third kappa shape index (κ3) is 3.48. The van der Waals surface area contributed by atoms with Crippen LogP contribution in [0.4, 0.5) is 0 Å². The van der Waals surface area contributed by atoms with Crippen molar-refractivity contribution in [1.29, 1.82) is 0 Å². The molecule has 1 N–H and O–H groups in total. The van der Waals surface area contributed by atoms with Gasteiger partial charge in [-0.15, -0.1) is 11.3 Å². The van der Waals surface area contributed by atoms with E-state index in [0.717, 1.165) is 21.4 Å². The first-order chi connectivity index (χ1) is 9.43. The largest absolute Gasteiger partial charge is 0.392 e. The predicted octanol–water partition coefficient (Wildman–Crippen LogP) is 2.82. The SMILES string of the molecule is CN(Cc1ccc(Br)cc1)S(=O)(=O)c1cc(CO)cs1. The minimum Gasteiger partial charge on any atom is -0.392 e. The minimum absolute atomic E-state index is 0.150. The summed E-state index contributed by atoms with van der Waals surface area (Å²) in [4.78, 5) is 0. The van der Waals surface area contributed by atoms with Crippen LogP contribution in [0.25, 0.3) is 0 Å². The Kier molecular flexibility index (Phi) is 4.98. The number of halogens is 1. The van der Waals surface area contributed by atoms with Crippen LogP contribution in [-0.2, 0) is 23.2 Å². The molecule has 2 rings (SSSR count). The molecule has 20 heavy (non-hydrogen) atoms. The lowest BCUT2D eigenvalue weighted by atomic mass is 10.2. The molecular formula is C13H14BrNO3S2. The summed E-state index contributed by atoms with van der Waals surface area (Å²) in [6.07, 6.45) is 0. The average Bonchev–Trinajstić information content (AvgIpc) is 2.90. The molecule has 0 unspecified atom stereocenters. The predicted molar refractivity (Wildman–Crippen MR) is 83.0 cm³/mol. The third-order valence-corrected chi connectivity index (χ3v) is 6.59. The highest BCUT2D eigenvalue weighted by atomic mass is 79.9. The van der Waals surface area contributed by atoms with Crippen molar-refractivity contribution in [2.75, 3.05) is 7.05 Å². The lowest BCUT2D eigenvalue weighted by Gasteiger charge is -2.16. The van der Waals surface area contributed by atoms with Gasteiger partial charge in [-0.1, -0.05) is 28.1 Å². The Morgan fingerprint density at radius 2 is 1.90 bits per heavy atom. The fraction of sp³-hybridized carbons (Fsp3) is 0.231. The first-order valence-corrected chi connectivity index (χ1v) is 8.94. The van der Waals surface area contributed by atoms with E-state index >= 15 is 0 Å². The number of aliphatic hydroxyl groups excluding tert-OH is 1. The first-order valence-electron chi connectivity index (χ1n) is 5.82. The van der Waals surface area contributed by atoms with Gasteiger partial charge < -0.3 is 5.11 Å². The van der Waals surface area contributed by atoms with Crippen LogP contribution < -0.4 is 0 Å². The normalized spacial score (nSPS) is 12.0. The molecule has 0 aliphatic heterocycles. The Morgan fingerprint density at radius 1 is 1.25 bits per heavy atom. The number of thiophene rings is 1. The summed E-state index contributed by atoms with van der Waals surface area (Å²) >= 11 is 4.47. The molecule has 2 aromatic rings. The van der Waals surface area contributed by atoms with Gasteiger partial charge in [0.2, 0.25) is 0 Å². The lowest BCUT2D eigenvalue weighted by molar-refractivity contribution is 0.282. The highest BCUT2D eigenvalue weighted by molar-refractivity contribution is 9.10. The topological polar surface area (TPSA) is 57.6 Å². The van der Waals surface area contributed by atoms with Crippen LogP contribution in [0.15, 0.2) is 44.4 Å². The molecule has 0 aliphatic rings. The summed E-state index contributed by atoms with van der Waals surface area (Å²) in [5, 5.41) is 10.7. The second-order valence-electron chi connectivity index (χ2n) is 4.32. The summed E-state index contributed by atoms with van der Waals surface area (Å²) in [7, 11) is -1.96. The molecule has 0 bridgehead atoms. The zero-order valence-corrected chi connectivity index (χ0v) is 14.0. The van der Waals surface area contributed by atoms with Crippen LogP contribution in [0.2, 0.25) is 0 Å². The number of benzene rings is 1. The molecule has 0 saturated carbocycles. The number of rotatable bonds is 5. The van der Waals surface area contributed by atoms with Gasteiger partial charge in [-0.3, -0.25) is 0 Å². The van der Waals surface area contributed by atoms with Gasteiger partial charge in [0.15, 0.2) is 0 Å². The van der Waals surface area contributed by atoms with Crippen molar-refractivity contribution in [1.82, 2.24) is 4.31 Å². The smallest absolute Gasteiger partial charge is 0.252 e. The van der Waals surface area contributed by atoms with Gasteiger partial charge in [-0.05, 0) is 34.7 Å². The summed E-state index contributed by atoms with van der Waals surface area (Å²) in [6, 6.07) is 9.03. The fourth-order valence-corrected chi connectivity index (χ4v) is 4.49. The molecular weight excluding hydrogens is 362 g/mol. The number of nitrogens with zero attached hydrogens (tertiary/aromatic N) is 1. The standard InChI is InChI=1S/C13H14BrNO3S2/c1-15(7-10-2-4-12(14)5-3-10)20(17,18)13-6-11(8-16)9-19-13/h2-6,9,16H,7-8H2,1H3. The molecule has 0 radical (unpaired) electrons. The van der Waals surface area contributed by atoms with Crippen LogP contribution in [0.3, 0.4) is 0 Å². The molecule has 0 amide bonds. The molecule has 0 aliphatic carbocycles. The first kappa shape index (κ1) is 15.7. The zero-order valence-electron chi connectivity index (χ0n) is 10.8. The van der Waals surface area contributed by atoms with Gasteiger partial charge in [0.05, 0.1) is 6.61 Å². The van der Waals surface area contributed by atoms with Crippen molar-refractivity contribution in [2.24, 2.45) is 0 Å². The van der Waals surface area contributed by atoms with Crippen LogP contribution in [0.5, 0.6) is 0 Å². The lowest BCUT2D eigenvalue weighted by Crippen LogP contribution is -2.25. The summed E-state index contributed by atoms with van der Waals surface area (Å²) in [5.41, 5.74) is 1.53. The van der Waals surface area contributed by atoms with E-state index in [2.05, 4.69) is 15.9 Å². The van der Waals surface area contributed by atoms with Crippen molar-refractivity contribution in [3.63, 3.8) is 0 Å². The molecule has 1 aromatic carbocycles. The maximum absolute atomic E-state index is 12.4. The van der Waals surface area contributed by atoms with Crippen molar-refractivity contribution >= 4 is 37.3 Å². The van der Waals surface area contributed by atoms with Gasteiger partial charge in [-0.2, -0.15) is 4.31 Å². The Hall–Kier alpha value is -0.730. The molecule has 0 fully saturated rings. The van der Waals surface area contributed by atoms with E-state index in [1.807, 2.05) is 24.3 Å². The van der Waals surface area contributed by atoms with Gasteiger partial charge >= 0.3 is 0 Å². The molecule has 0 saturated heterocycles. The number of aliphatic hydroxyl groups is 1. The van der Waals surface area contributed by atoms with Crippen LogP contribution in [0, 0.1) is 0 Å². The Bertz CT molecular complexity index is 680. The molecule has 0 spiro atoms. The highest BCUT2D eigenvalue weighted by Crippen LogP contribution is 2.24. The molecule has 1 aromatic heterocycles. The zero-order chi connectivity index (χ0) is 14.8. The van der Waals surface area contributed by atoms with E-state index in [1.54, 1.807) is 12.4 Å². The van der Waals surface area contributed by atoms with Gasteiger partial charge in [0, 0.05) is 18.1 Å². The van der Waals surface area contributed by atoms with Crippen LogP contribution in [-0.4, -0.2) is 24.9 Å². The molecule has 0 atom stereocenters. The second kappa shape index (κ2) is 6.36. The highest BCUT2D eigenvalue weighted by Gasteiger charge is 2.22. The summed E-state index contributed by atoms with van der Waals surface area (Å²) < 4.78 is 27.3. The Labute approximate surface area is 130 Å². The summed E-state index contributed by atoms with van der Waals surface area (Å²) in [6.45, 7) is 0.157. The summed E-state index contributed by atoms with van der Waals surface area (Å²) in [5.74, 6) is 0. The van der Waals surface area contributed by atoms with Crippen molar-refractivity contribution in [2.45, 2.75) is 17.4 Å². The van der Waals surface area contributed by atoms with Crippen LogP contribution >= 0.6 is 27.3 Å². The number of hydrogen-bond acceptors (Lipinski definition) is 4. The van der Waals surface area contributed by atoms with Crippen molar-refractivity contribution in [3.8, 4) is 0 Å². The maximum Gasteiger partial charge on any atom is 0.252 e.